The summed E-state index contributed by atoms with van der Waals surface area (Å²) in [5, 5.41) is 10.4. The van der Waals surface area contributed by atoms with Crippen molar-refractivity contribution in [2.75, 3.05) is 13.1 Å². The lowest BCUT2D eigenvalue weighted by Gasteiger charge is -2.41. The first-order valence-electron chi connectivity index (χ1n) is 6.13. The van der Waals surface area contributed by atoms with Gasteiger partial charge in [-0.25, -0.2) is 4.68 Å². The van der Waals surface area contributed by atoms with Gasteiger partial charge in [-0.15, -0.1) is 5.10 Å². The summed E-state index contributed by atoms with van der Waals surface area (Å²) < 4.78 is 1.44. The lowest BCUT2D eigenvalue weighted by atomic mass is 9.99. The molecule has 104 valence electrons. The van der Waals surface area contributed by atoms with E-state index >= 15 is 0 Å². The van der Waals surface area contributed by atoms with Gasteiger partial charge in [-0.2, -0.15) is 0 Å². The highest BCUT2D eigenvalue weighted by Gasteiger charge is 2.40. The van der Waals surface area contributed by atoms with Crippen LogP contribution in [0, 0.1) is 0 Å². The van der Waals surface area contributed by atoms with Crippen LogP contribution in [0.15, 0.2) is 6.20 Å². The minimum atomic E-state index is -0.841. The van der Waals surface area contributed by atoms with Crippen LogP contribution in [0.1, 0.15) is 19.5 Å². The van der Waals surface area contributed by atoms with Crippen molar-refractivity contribution >= 4 is 11.8 Å². The Morgan fingerprint density at radius 1 is 1.58 bits per heavy atom. The average molecular weight is 266 g/mol. The van der Waals surface area contributed by atoms with Crippen molar-refractivity contribution in [1.82, 2.24) is 25.2 Å². The maximum atomic E-state index is 12.3. The number of nitrogens with two attached hydrogens (primary N) is 1. The number of carbonyl (C=O) groups is 2. The molecule has 0 saturated carbocycles. The van der Waals surface area contributed by atoms with Gasteiger partial charge in [0, 0.05) is 19.6 Å². The molecule has 0 atom stereocenters. The number of nitrogens with zero attached hydrogens (tertiary/aromatic N) is 4. The first-order chi connectivity index (χ1) is 8.95. The summed E-state index contributed by atoms with van der Waals surface area (Å²) in [7, 11) is 0. The van der Waals surface area contributed by atoms with E-state index in [1.54, 1.807) is 24.9 Å². The zero-order valence-corrected chi connectivity index (χ0v) is 11.1. The standard InChI is InChI=1S/C11H18N6O2/c1-11(2)10(19)13-3-4-17(11)9(18)7-16-6-8(5-12)14-15-16/h6H,3-5,7,12H2,1-2H3,(H,13,19). The predicted molar refractivity (Wildman–Crippen MR) is 66.7 cm³/mol. The van der Waals surface area contributed by atoms with E-state index in [2.05, 4.69) is 15.6 Å². The summed E-state index contributed by atoms with van der Waals surface area (Å²) in [4.78, 5) is 25.6. The van der Waals surface area contributed by atoms with Gasteiger partial charge in [-0.1, -0.05) is 5.21 Å². The molecule has 2 rings (SSSR count). The fraction of sp³-hybridized carbons (Fsp3) is 0.636. The second-order valence-electron chi connectivity index (χ2n) is 4.97. The van der Waals surface area contributed by atoms with Crippen LogP contribution in [-0.4, -0.2) is 50.3 Å². The predicted octanol–water partition coefficient (Wildman–Crippen LogP) is -1.53. The van der Waals surface area contributed by atoms with Gasteiger partial charge >= 0.3 is 0 Å². The van der Waals surface area contributed by atoms with Gasteiger partial charge in [-0.05, 0) is 13.8 Å². The summed E-state index contributed by atoms with van der Waals surface area (Å²) in [6.45, 7) is 4.77. The minimum Gasteiger partial charge on any atom is -0.352 e. The van der Waals surface area contributed by atoms with Crippen LogP contribution in [0.3, 0.4) is 0 Å². The number of rotatable bonds is 3. The van der Waals surface area contributed by atoms with E-state index < -0.39 is 5.54 Å². The number of carbonyl (C=O) groups excluding carboxylic acids is 2. The maximum Gasteiger partial charge on any atom is 0.245 e. The van der Waals surface area contributed by atoms with E-state index in [1.165, 1.54) is 4.68 Å². The van der Waals surface area contributed by atoms with Crippen molar-refractivity contribution < 1.29 is 9.59 Å². The quantitative estimate of drug-likeness (QED) is 0.690. The normalized spacial score (nSPS) is 18.3. The first-order valence-corrected chi connectivity index (χ1v) is 6.13. The zero-order chi connectivity index (χ0) is 14.0. The second kappa shape index (κ2) is 4.96. The van der Waals surface area contributed by atoms with E-state index in [0.717, 1.165) is 0 Å². The summed E-state index contributed by atoms with van der Waals surface area (Å²) in [6.07, 6.45) is 1.63. The van der Waals surface area contributed by atoms with E-state index in [4.69, 9.17) is 5.73 Å². The number of aromatic nitrogens is 3. The van der Waals surface area contributed by atoms with Gasteiger partial charge in [0.1, 0.15) is 12.1 Å². The fourth-order valence-electron chi connectivity index (χ4n) is 2.07. The number of hydrogen-bond acceptors (Lipinski definition) is 5. The molecule has 0 bridgehead atoms. The molecule has 3 N–H and O–H groups in total. The molecule has 1 aromatic heterocycles. The third-order valence-corrected chi connectivity index (χ3v) is 3.24. The molecular weight excluding hydrogens is 248 g/mol. The highest BCUT2D eigenvalue weighted by atomic mass is 16.2. The number of hydrogen-bond donors (Lipinski definition) is 2. The number of nitrogens with one attached hydrogen (secondary N) is 1. The lowest BCUT2D eigenvalue weighted by molar-refractivity contribution is -0.149. The van der Waals surface area contributed by atoms with Crippen molar-refractivity contribution in [3.63, 3.8) is 0 Å². The van der Waals surface area contributed by atoms with Crippen LogP contribution in [0.2, 0.25) is 0 Å². The van der Waals surface area contributed by atoms with Crippen LogP contribution >= 0.6 is 0 Å². The molecule has 1 aliphatic rings. The summed E-state index contributed by atoms with van der Waals surface area (Å²) >= 11 is 0. The molecule has 0 unspecified atom stereocenters. The Hall–Kier alpha value is -1.96. The largest absolute Gasteiger partial charge is 0.352 e. The van der Waals surface area contributed by atoms with E-state index in [1.807, 2.05) is 0 Å². The SMILES string of the molecule is CC1(C)C(=O)NCCN1C(=O)Cn1cc(CN)nn1. The van der Waals surface area contributed by atoms with Crippen molar-refractivity contribution in [2.45, 2.75) is 32.5 Å². The van der Waals surface area contributed by atoms with Crippen LogP contribution in [0.25, 0.3) is 0 Å². The van der Waals surface area contributed by atoms with E-state index in [9.17, 15) is 9.59 Å². The first kappa shape index (κ1) is 13.5. The smallest absolute Gasteiger partial charge is 0.245 e. The molecule has 0 radical (unpaired) electrons. The molecule has 2 heterocycles. The monoisotopic (exact) mass is 266 g/mol. The van der Waals surface area contributed by atoms with Gasteiger partial charge in [0.15, 0.2) is 0 Å². The highest BCUT2D eigenvalue weighted by Crippen LogP contribution is 2.18. The Bertz CT molecular complexity index is 495. The lowest BCUT2D eigenvalue weighted by Crippen LogP contribution is -2.63. The summed E-state index contributed by atoms with van der Waals surface area (Å²) in [6, 6.07) is 0. The Labute approximate surface area is 110 Å². The molecule has 8 heteroatoms. The minimum absolute atomic E-state index is 0.0592. The molecule has 0 aliphatic carbocycles. The molecule has 1 aliphatic heterocycles. The molecule has 1 fully saturated rings. The molecule has 0 aromatic carbocycles. The highest BCUT2D eigenvalue weighted by molar-refractivity contribution is 5.91. The van der Waals surface area contributed by atoms with Crippen molar-refractivity contribution in [2.24, 2.45) is 5.73 Å². The average Bonchev–Trinajstić information content (AvgIpc) is 2.80. The fourth-order valence-corrected chi connectivity index (χ4v) is 2.07. The molecule has 1 saturated heterocycles. The maximum absolute atomic E-state index is 12.3. The van der Waals surface area contributed by atoms with Crippen LogP contribution < -0.4 is 11.1 Å². The van der Waals surface area contributed by atoms with E-state index in [0.29, 0.717) is 18.8 Å². The van der Waals surface area contributed by atoms with Gasteiger partial charge in [0.25, 0.3) is 0 Å². The Balaban J connectivity index is 2.08. The van der Waals surface area contributed by atoms with Crippen molar-refractivity contribution in [1.29, 1.82) is 0 Å². The van der Waals surface area contributed by atoms with Crippen molar-refractivity contribution in [3.05, 3.63) is 11.9 Å². The van der Waals surface area contributed by atoms with E-state index in [-0.39, 0.29) is 24.9 Å². The molecule has 8 nitrogen and oxygen atoms in total. The Kier molecular flexibility index (Phi) is 3.52. The molecule has 19 heavy (non-hydrogen) atoms. The third-order valence-electron chi connectivity index (χ3n) is 3.24. The Morgan fingerprint density at radius 2 is 2.32 bits per heavy atom. The van der Waals surface area contributed by atoms with Gasteiger partial charge in [-0.3, -0.25) is 9.59 Å². The number of amides is 2. The summed E-state index contributed by atoms with van der Waals surface area (Å²) in [5.41, 5.74) is 5.22. The van der Waals surface area contributed by atoms with Crippen LogP contribution in [0.5, 0.6) is 0 Å². The number of piperazine rings is 1. The van der Waals surface area contributed by atoms with Crippen molar-refractivity contribution in [3.8, 4) is 0 Å². The molecule has 0 spiro atoms. The van der Waals surface area contributed by atoms with Crippen LogP contribution in [0.4, 0.5) is 0 Å². The van der Waals surface area contributed by atoms with Gasteiger partial charge in [0.05, 0.1) is 11.9 Å². The topological polar surface area (TPSA) is 106 Å². The third kappa shape index (κ3) is 2.58. The second-order valence-corrected chi connectivity index (χ2v) is 4.97. The van der Waals surface area contributed by atoms with Gasteiger partial charge < -0.3 is 16.0 Å². The summed E-state index contributed by atoms with van der Waals surface area (Å²) in [5.74, 6) is -0.304. The van der Waals surface area contributed by atoms with Gasteiger partial charge in [0.2, 0.25) is 11.8 Å². The Morgan fingerprint density at radius 3 is 2.95 bits per heavy atom. The molecule has 1 aromatic rings. The zero-order valence-electron chi connectivity index (χ0n) is 11.1. The molecular formula is C11H18N6O2. The molecule has 2 amide bonds. The van der Waals surface area contributed by atoms with Crippen LogP contribution in [-0.2, 0) is 22.7 Å².